The Morgan fingerprint density at radius 3 is 2.44 bits per heavy atom. The van der Waals surface area contributed by atoms with Crippen molar-refractivity contribution in [3.63, 3.8) is 0 Å². The molecule has 0 atom stereocenters. The summed E-state index contributed by atoms with van der Waals surface area (Å²) in [5, 5.41) is 2.95. The third-order valence-electron chi connectivity index (χ3n) is 3.04. The summed E-state index contributed by atoms with van der Waals surface area (Å²) >= 11 is 0. The third-order valence-corrected chi connectivity index (χ3v) is 3.04. The maximum Gasteiger partial charge on any atom is 0.251 e. The highest BCUT2D eigenvalue weighted by atomic mass is 16.1. The number of carbonyl (C=O) groups excluding carboxylic acids is 1. The molecule has 0 saturated carbocycles. The van der Waals surface area contributed by atoms with Gasteiger partial charge in [0.15, 0.2) is 0 Å². The van der Waals surface area contributed by atoms with Gasteiger partial charge in [0, 0.05) is 12.1 Å². The van der Waals surface area contributed by atoms with E-state index in [1.165, 1.54) is 18.4 Å². The van der Waals surface area contributed by atoms with Crippen LogP contribution in [0.15, 0.2) is 24.3 Å². The first-order valence-corrected chi connectivity index (χ1v) is 7.00. The molecule has 1 amide bonds. The van der Waals surface area contributed by atoms with Crippen molar-refractivity contribution in [2.75, 3.05) is 6.54 Å². The fourth-order valence-electron chi connectivity index (χ4n) is 1.78. The molecule has 0 unspecified atom stereocenters. The molecule has 0 bridgehead atoms. The van der Waals surface area contributed by atoms with Crippen LogP contribution >= 0.6 is 0 Å². The maximum atomic E-state index is 11.8. The van der Waals surface area contributed by atoms with E-state index in [-0.39, 0.29) is 5.91 Å². The van der Waals surface area contributed by atoms with E-state index in [4.69, 9.17) is 0 Å². The number of hydrogen-bond donors (Lipinski definition) is 1. The Morgan fingerprint density at radius 2 is 1.89 bits per heavy atom. The molecule has 0 heterocycles. The molecule has 1 N–H and O–H groups in total. The van der Waals surface area contributed by atoms with Gasteiger partial charge < -0.3 is 5.32 Å². The summed E-state index contributed by atoms with van der Waals surface area (Å²) < 4.78 is 0. The SMILES string of the molecule is CCCCc1ccc(C(=O)NCCC(C)C)cc1. The summed E-state index contributed by atoms with van der Waals surface area (Å²) in [6.07, 6.45) is 4.55. The molecule has 2 heteroatoms. The van der Waals surface area contributed by atoms with E-state index in [2.05, 4.69) is 38.2 Å². The van der Waals surface area contributed by atoms with Gasteiger partial charge in [0.1, 0.15) is 0 Å². The third kappa shape index (κ3) is 5.35. The van der Waals surface area contributed by atoms with Crippen LogP contribution < -0.4 is 5.32 Å². The van der Waals surface area contributed by atoms with Gasteiger partial charge in [-0.2, -0.15) is 0 Å². The van der Waals surface area contributed by atoms with Crippen molar-refractivity contribution in [2.45, 2.75) is 46.5 Å². The minimum atomic E-state index is 0.0395. The zero-order chi connectivity index (χ0) is 13.4. The molecule has 0 radical (unpaired) electrons. The molecule has 1 rings (SSSR count). The van der Waals surface area contributed by atoms with Gasteiger partial charge in [-0.1, -0.05) is 39.3 Å². The molecule has 0 aliphatic heterocycles. The first kappa shape index (κ1) is 14.7. The molecule has 0 aliphatic carbocycles. The second-order valence-electron chi connectivity index (χ2n) is 5.24. The average molecular weight is 247 g/mol. The zero-order valence-electron chi connectivity index (χ0n) is 11.8. The number of nitrogens with one attached hydrogen (secondary N) is 1. The first-order valence-electron chi connectivity index (χ1n) is 7.00. The van der Waals surface area contributed by atoms with Crippen molar-refractivity contribution in [1.82, 2.24) is 5.32 Å². The number of aryl methyl sites for hydroxylation is 1. The Bertz CT molecular complexity index is 354. The van der Waals surface area contributed by atoms with E-state index < -0.39 is 0 Å². The molecular weight excluding hydrogens is 222 g/mol. The number of hydrogen-bond acceptors (Lipinski definition) is 1. The lowest BCUT2D eigenvalue weighted by Gasteiger charge is -2.07. The normalized spacial score (nSPS) is 10.7. The highest BCUT2D eigenvalue weighted by Crippen LogP contribution is 2.08. The van der Waals surface area contributed by atoms with Crippen LogP contribution in [0.4, 0.5) is 0 Å². The van der Waals surface area contributed by atoms with Gasteiger partial charge in [-0.25, -0.2) is 0 Å². The summed E-state index contributed by atoms with van der Waals surface area (Å²) in [5.41, 5.74) is 2.08. The van der Waals surface area contributed by atoms with Crippen LogP contribution in [-0.4, -0.2) is 12.5 Å². The first-order chi connectivity index (χ1) is 8.63. The fourth-order valence-corrected chi connectivity index (χ4v) is 1.78. The number of amides is 1. The van der Waals surface area contributed by atoms with Gasteiger partial charge in [0.2, 0.25) is 0 Å². The van der Waals surface area contributed by atoms with Gasteiger partial charge in [-0.05, 0) is 42.9 Å². The quantitative estimate of drug-likeness (QED) is 0.780. The van der Waals surface area contributed by atoms with Crippen LogP contribution in [-0.2, 0) is 6.42 Å². The van der Waals surface area contributed by atoms with Crippen LogP contribution in [0, 0.1) is 5.92 Å². The second kappa shape index (κ2) is 7.91. The Morgan fingerprint density at radius 1 is 1.22 bits per heavy atom. The molecule has 18 heavy (non-hydrogen) atoms. The molecule has 1 aromatic carbocycles. The topological polar surface area (TPSA) is 29.1 Å². The van der Waals surface area contributed by atoms with Crippen molar-refractivity contribution in [3.05, 3.63) is 35.4 Å². The summed E-state index contributed by atoms with van der Waals surface area (Å²) in [4.78, 5) is 11.8. The monoisotopic (exact) mass is 247 g/mol. The molecule has 0 saturated heterocycles. The van der Waals surface area contributed by atoms with Gasteiger partial charge in [0.25, 0.3) is 5.91 Å². The number of unbranched alkanes of at least 4 members (excludes halogenated alkanes) is 1. The summed E-state index contributed by atoms with van der Waals surface area (Å²) in [7, 11) is 0. The Kier molecular flexibility index (Phi) is 6.48. The lowest BCUT2D eigenvalue weighted by molar-refractivity contribution is 0.0952. The molecular formula is C16H25NO. The Hall–Kier alpha value is -1.31. The van der Waals surface area contributed by atoms with Crippen molar-refractivity contribution in [1.29, 1.82) is 0 Å². The second-order valence-corrected chi connectivity index (χ2v) is 5.24. The number of carbonyl (C=O) groups is 1. The standard InChI is InChI=1S/C16H25NO/c1-4-5-6-14-7-9-15(10-8-14)16(18)17-12-11-13(2)3/h7-10,13H,4-6,11-12H2,1-3H3,(H,17,18). The van der Waals surface area contributed by atoms with Crippen LogP contribution in [0.3, 0.4) is 0 Å². The van der Waals surface area contributed by atoms with Gasteiger partial charge in [-0.15, -0.1) is 0 Å². The Labute approximate surface area is 111 Å². The van der Waals surface area contributed by atoms with Crippen molar-refractivity contribution in [3.8, 4) is 0 Å². The predicted octanol–water partition coefficient (Wildman–Crippen LogP) is 3.81. The average Bonchev–Trinajstić information content (AvgIpc) is 2.36. The van der Waals surface area contributed by atoms with E-state index in [0.29, 0.717) is 5.92 Å². The minimum Gasteiger partial charge on any atom is -0.352 e. The van der Waals surface area contributed by atoms with E-state index in [1.807, 2.05) is 12.1 Å². The summed E-state index contributed by atoms with van der Waals surface area (Å²) in [6.45, 7) is 7.27. The molecule has 1 aromatic rings. The molecule has 0 aromatic heterocycles. The lowest BCUT2D eigenvalue weighted by atomic mass is 10.1. The van der Waals surface area contributed by atoms with Crippen molar-refractivity contribution < 1.29 is 4.79 Å². The van der Waals surface area contributed by atoms with Gasteiger partial charge in [-0.3, -0.25) is 4.79 Å². The zero-order valence-corrected chi connectivity index (χ0v) is 11.8. The van der Waals surface area contributed by atoms with E-state index in [0.717, 1.165) is 24.9 Å². The minimum absolute atomic E-state index is 0.0395. The summed E-state index contributed by atoms with van der Waals surface area (Å²) in [5.74, 6) is 0.666. The van der Waals surface area contributed by atoms with Crippen LogP contribution in [0.5, 0.6) is 0 Å². The molecule has 100 valence electrons. The molecule has 2 nitrogen and oxygen atoms in total. The highest BCUT2D eigenvalue weighted by molar-refractivity contribution is 5.94. The number of benzene rings is 1. The van der Waals surface area contributed by atoms with Gasteiger partial charge >= 0.3 is 0 Å². The molecule has 0 fully saturated rings. The number of rotatable bonds is 7. The smallest absolute Gasteiger partial charge is 0.251 e. The maximum absolute atomic E-state index is 11.8. The summed E-state index contributed by atoms with van der Waals surface area (Å²) in [6, 6.07) is 7.98. The van der Waals surface area contributed by atoms with E-state index in [1.54, 1.807) is 0 Å². The van der Waals surface area contributed by atoms with E-state index >= 15 is 0 Å². The van der Waals surface area contributed by atoms with Crippen LogP contribution in [0.25, 0.3) is 0 Å². The largest absolute Gasteiger partial charge is 0.352 e. The lowest BCUT2D eigenvalue weighted by Crippen LogP contribution is -2.25. The van der Waals surface area contributed by atoms with Crippen LogP contribution in [0.1, 0.15) is 56.0 Å². The molecule has 0 aliphatic rings. The van der Waals surface area contributed by atoms with Crippen molar-refractivity contribution >= 4 is 5.91 Å². The van der Waals surface area contributed by atoms with Crippen LogP contribution in [0.2, 0.25) is 0 Å². The molecule has 0 spiro atoms. The highest BCUT2D eigenvalue weighted by Gasteiger charge is 2.04. The van der Waals surface area contributed by atoms with E-state index in [9.17, 15) is 4.79 Å². The van der Waals surface area contributed by atoms with Crippen molar-refractivity contribution in [2.24, 2.45) is 5.92 Å². The Balaban J connectivity index is 2.43. The fraction of sp³-hybridized carbons (Fsp3) is 0.562. The predicted molar refractivity (Wildman–Crippen MR) is 76.8 cm³/mol. The van der Waals surface area contributed by atoms with Gasteiger partial charge in [0.05, 0.1) is 0 Å².